The van der Waals surface area contributed by atoms with E-state index >= 15 is 0 Å². The van der Waals surface area contributed by atoms with Crippen LogP contribution in [0.25, 0.3) is 0 Å². The summed E-state index contributed by atoms with van der Waals surface area (Å²) >= 11 is 0. The van der Waals surface area contributed by atoms with E-state index in [0.717, 1.165) is 12.8 Å². The highest BCUT2D eigenvalue weighted by Gasteiger charge is 2.15. The van der Waals surface area contributed by atoms with Crippen LogP contribution < -0.4 is 10.6 Å². The summed E-state index contributed by atoms with van der Waals surface area (Å²) in [6.45, 7) is 1.76. The molecule has 2 aromatic rings. The fourth-order valence-corrected chi connectivity index (χ4v) is 2.62. The molecule has 0 aromatic carbocycles. The van der Waals surface area contributed by atoms with E-state index in [0.29, 0.717) is 29.1 Å². The molecule has 1 aliphatic rings. The molecule has 3 rings (SSSR count). The molecule has 116 valence electrons. The largest absolute Gasteiger partial charge is 0.367 e. The Balaban J connectivity index is 1.66. The number of aryl methyl sites for hydroxylation is 1. The molecule has 7 heteroatoms. The average Bonchev–Trinajstić information content (AvgIpc) is 2.93. The third-order valence-electron chi connectivity index (χ3n) is 3.73. The van der Waals surface area contributed by atoms with Gasteiger partial charge in [0.15, 0.2) is 5.82 Å². The molecule has 0 spiro atoms. The highest BCUT2D eigenvalue weighted by atomic mass is 16.5. The zero-order chi connectivity index (χ0) is 15.4. The lowest BCUT2D eigenvalue weighted by molar-refractivity contribution is 0.102. The van der Waals surface area contributed by atoms with Crippen LogP contribution in [0.15, 0.2) is 23.0 Å². The molecule has 0 saturated heterocycles. The number of carbonyl (C=O) groups excluding carboxylic acids is 1. The molecule has 0 aliphatic heterocycles. The van der Waals surface area contributed by atoms with Gasteiger partial charge >= 0.3 is 0 Å². The average molecular weight is 301 g/mol. The van der Waals surface area contributed by atoms with Gasteiger partial charge in [0.05, 0.1) is 0 Å². The molecule has 2 N–H and O–H groups in total. The molecule has 0 radical (unpaired) electrons. The number of aromatic nitrogens is 3. The summed E-state index contributed by atoms with van der Waals surface area (Å²) in [7, 11) is 0. The van der Waals surface area contributed by atoms with Crippen LogP contribution in [0, 0.1) is 6.92 Å². The summed E-state index contributed by atoms with van der Waals surface area (Å²) < 4.78 is 4.92. The third kappa shape index (κ3) is 3.60. The lowest BCUT2D eigenvalue weighted by Crippen LogP contribution is -2.23. The van der Waals surface area contributed by atoms with Crippen LogP contribution in [0.1, 0.15) is 48.4 Å². The van der Waals surface area contributed by atoms with E-state index in [1.807, 2.05) is 0 Å². The maximum Gasteiger partial charge on any atom is 0.275 e. The SMILES string of the molecule is Cc1cc(NC(=O)c2cc(NC3CCCCC3)ncn2)no1. The highest BCUT2D eigenvalue weighted by molar-refractivity contribution is 6.02. The van der Waals surface area contributed by atoms with Gasteiger partial charge in [-0.2, -0.15) is 0 Å². The van der Waals surface area contributed by atoms with Crippen LogP contribution in [0.5, 0.6) is 0 Å². The van der Waals surface area contributed by atoms with Crippen molar-refractivity contribution in [2.24, 2.45) is 0 Å². The molecule has 0 bridgehead atoms. The number of anilines is 2. The van der Waals surface area contributed by atoms with Gasteiger partial charge in [-0.05, 0) is 19.8 Å². The van der Waals surface area contributed by atoms with Crippen LogP contribution in [-0.4, -0.2) is 27.1 Å². The second-order valence-electron chi connectivity index (χ2n) is 5.54. The Morgan fingerprint density at radius 3 is 2.73 bits per heavy atom. The minimum atomic E-state index is -0.331. The monoisotopic (exact) mass is 301 g/mol. The minimum absolute atomic E-state index is 0.300. The van der Waals surface area contributed by atoms with Crippen molar-refractivity contribution in [3.8, 4) is 0 Å². The molecule has 1 fully saturated rings. The number of rotatable bonds is 4. The van der Waals surface area contributed by atoms with Crippen molar-refractivity contribution in [2.45, 2.75) is 45.1 Å². The topological polar surface area (TPSA) is 92.9 Å². The number of amides is 1. The summed E-state index contributed by atoms with van der Waals surface area (Å²) in [5.74, 6) is 1.37. The van der Waals surface area contributed by atoms with Gasteiger partial charge in [0.25, 0.3) is 5.91 Å². The molecule has 1 saturated carbocycles. The number of nitrogens with zero attached hydrogens (tertiary/aromatic N) is 3. The second-order valence-corrected chi connectivity index (χ2v) is 5.54. The summed E-state index contributed by atoms with van der Waals surface area (Å²) in [4.78, 5) is 20.4. The van der Waals surface area contributed by atoms with Crippen molar-refractivity contribution in [3.05, 3.63) is 29.9 Å². The van der Waals surface area contributed by atoms with Gasteiger partial charge in [0, 0.05) is 18.2 Å². The van der Waals surface area contributed by atoms with Gasteiger partial charge in [-0.15, -0.1) is 0 Å². The first-order valence-electron chi connectivity index (χ1n) is 7.54. The van der Waals surface area contributed by atoms with Gasteiger partial charge in [0.1, 0.15) is 23.6 Å². The van der Waals surface area contributed by atoms with E-state index < -0.39 is 0 Å². The van der Waals surface area contributed by atoms with E-state index in [2.05, 4.69) is 25.8 Å². The Kier molecular flexibility index (Phi) is 4.32. The molecule has 1 amide bonds. The summed E-state index contributed by atoms with van der Waals surface area (Å²) in [5, 5.41) is 9.76. The number of carbonyl (C=O) groups is 1. The lowest BCUT2D eigenvalue weighted by Gasteiger charge is -2.23. The molecule has 22 heavy (non-hydrogen) atoms. The zero-order valence-electron chi connectivity index (χ0n) is 12.5. The first-order valence-corrected chi connectivity index (χ1v) is 7.54. The number of hydrogen-bond acceptors (Lipinski definition) is 6. The Morgan fingerprint density at radius 2 is 2.00 bits per heavy atom. The Labute approximate surface area is 128 Å². The van der Waals surface area contributed by atoms with E-state index in [1.165, 1.54) is 25.6 Å². The molecule has 2 heterocycles. The predicted octanol–water partition coefficient (Wildman–Crippen LogP) is 2.77. The highest BCUT2D eigenvalue weighted by Crippen LogP contribution is 2.21. The van der Waals surface area contributed by atoms with E-state index in [4.69, 9.17) is 4.52 Å². The van der Waals surface area contributed by atoms with Crippen LogP contribution in [0.3, 0.4) is 0 Å². The molecule has 7 nitrogen and oxygen atoms in total. The molecular formula is C15H19N5O2. The maximum atomic E-state index is 12.2. The summed E-state index contributed by atoms with van der Waals surface area (Å²) in [5.41, 5.74) is 0.300. The number of hydrogen-bond donors (Lipinski definition) is 2. The molecular weight excluding hydrogens is 282 g/mol. The van der Waals surface area contributed by atoms with Gasteiger partial charge in [-0.25, -0.2) is 9.97 Å². The van der Waals surface area contributed by atoms with E-state index in [1.54, 1.807) is 19.1 Å². The smallest absolute Gasteiger partial charge is 0.275 e. The van der Waals surface area contributed by atoms with Gasteiger partial charge < -0.3 is 15.2 Å². The van der Waals surface area contributed by atoms with Gasteiger partial charge in [-0.1, -0.05) is 24.4 Å². The third-order valence-corrected chi connectivity index (χ3v) is 3.73. The van der Waals surface area contributed by atoms with Crippen molar-refractivity contribution in [1.82, 2.24) is 15.1 Å². The maximum absolute atomic E-state index is 12.2. The predicted molar refractivity (Wildman–Crippen MR) is 81.7 cm³/mol. The first-order chi connectivity index (χ1) is 10.7. The van der Waals surface area contributed by atoms with Crippen molar-refractivity contribution in [2.75, 3.05) is 10.6 Å². The van der Waals surface area contributed by atoms with Crippen LogP contribution >= 0.6 is 0 Å². The standard InChI is InChI=1S/C15H19N5O2/c1-10-7-14(20-22-10)19-15(21)12-8-13(17-9-16-12)18-11-5-3-2-4-6-11/h7-9,11H,2-6H2,1H3,(H,16,17,18)(H,19,20,21). The number of nitrogens with one attached hydrogen (secondary N) is 2. The van der Waals surface area contributed by atoms with Crippen molar-refractivity contribution < 1.29 is 9.32 Å². The Hall–Kier alpha value is -2.44. The van der Waals surface area contributed by atoms with E-state index in [9.17, 15) is 4.79 Å². The van der Waals surface area contributed by atoms with Gasteiger partial charge in [-0.3, -0.25) is 4.79 Å². The van der Waals surface area contributed by atoms with Crippen LogP contribution in [-0.2, 0) is 0 Å². The molecule has 0 unspecified atom stereocenters. The van der Waals surface area contributed by atoms with Crippen molar-refractivity contribution in [1.29, 1.82) is 0 Å². The fraction of sp³-hybridized carbons (Fsp3) is 0.467. The second kappa shape index (κ2) is 6.55. The molecule has 2 aromatic heterocycles. The minimum Gasteiger partial charge on any atom is -0.367 e. The van der Waals surface area contributed by atoms with Crippen LogP contribution in [0.4, 0.5) is 11.6 Å². The normalized spacial score (nSPS) is 15.5. The molecule has 1 aliphatic carbocycles. The quantitative estimate of drug-likeness (QED) is 0.902. The summed E-state index contributed by atoms with van der Waals surface area (Å²) in [6, 6.07) is 3.75. The van der Waals surface area contributed by atoms with Gasteiger partial charge in [0.2, 0.25) is 0 Å². The van der Waals surface area contributed by atoms with E-state index in [-0.39, 0.29) is 5.91 Å². The van der Waals surface area contributed by atoms with Crippen LogP contribution in [0.2, 0.25) is 0 Å². The lowest BCUT2D eigenvalue weighted by atomic mass is 9.95. The fourth-order valence-electron chi connectivity index (χ4n) is 2.62. The summed E-state index contributed by atoms with van der Waals surface area (Å²) in [6.07, 6.45) is 7.46. The zero-order valence-corrected chi connectivity index (χ0v) is 12.5. The molecule has 0 atom stereocenters. The first kappa shape index (κ1) is 14.5. The van der Waals surface area contributed by atoms with Crippen molar-refractivity contribution in [3.63, 3.8) is 0 Å². The Morgan fingerprint density at radius 1 is 1.18 bits per heavy atom. The van der Waals surface area contributed by atoms with Crippen molar-refractivity contribution >= 4 is 17.5 Å². The Bertz CT molecular complexity index is 649.